The fourth-order valence-corrected chi connectivity index (χ4v) is 1.75. The molecule has 6 heteroatoms. The van der Waals surface area contributed by atoms with E-state index in [4.69, 9.17) is 16.0 Å². The minimum atomic E-state index is -4.45. The number of aryl methyl sites for hydroxylation is 1. The first-order chi connectivity index (χ1) is 7.89. The average Bonchev–Trinajstić information content (AvgIpc) is 2.62. The topological polar surface area (TPSA) is 26.0 Å². The second-order valence-corrected chi connectivity index (χ2v) is 3.87. The van der Waals surface area contributed by atoms with Gasteiger partial charge in [-0.1, -0.05) is 17.7 Å². The highest BCUT2D eigenvalue weighted by Gasteiger charge is 2.33. The molecule has 1 heterocycles. The summed E-state index contributed by atoms with van der Waals surface area (Å²) in [5, 5.41) is -0.356. The molecule has 17 heavy (non-hydrogen) atoms. The van der Waals surface area contributed by atoms with E-state index in [9.17, 15) is 13.2 Å². The van der Waals surface area contributed by atoms with Crippen molar-refractivity contribution < 1.29 is 17.6 Å². The van der Waals surface area contributed by atoms with Gasteiger partial charge in [-0.05, 0) is 19.1 Å². The molecule has 0 aliphatic heterocycles. The molecule has 0 unspecified atom stereocenters. The largest absolute Gasteiger partial charge is 0.443 e. The number of benzene rings is 1. The second-order valence-electron chi connectivity index (χ2n) is 3.46. The molecule has 0 aliphatic carbocycles. The fraction of sp³-hybridized carbons (Fsp3) is 0.182. The number of aromatic nitrogens is 1. The third kappa shape index (κ3) is 2.29. The summed E-state index contributed by atoms with van der Waals surface area (Å²) in [5.41, 5.74) is 0.207. The van der Waals surface area contributed by atoms with Crippen molar-refractivity contribution >= 4 is 11.6 Å². The number of oxazole rings is 1. The van der Waals surface area contributed by atoms with Crippen LogP contribution >= 0.6 is 11.6 Å². The number of alkyl halides is 3. The molecule has 0 radical (unpaired) electrons. The van der Waals surface area contributed by atoms with Crippen LogP contribution in [-0.4, -0.2) is 4.98 Å². The molecule has 1 aromatic heterocycles. The number of halogens is 4. The van der Waals surface area contributed by atoms with E-state index < -0.39 is 11.7 Å². The Labute approximate surface area is 100 Å². The van der Waals surface area contributed by atoms with Crippen LogP contribution in [0.5, 0.6) is 0 Å². The van der Waals surface area contributed by atoms with Crippen molar-refractivity contribution in [2.45, 2.75) is 13.1 Å². The predicted molar refractivity (Wildman–Crippen MR) is 56.7 cm³/mol. The monoisotopic (exact) mass is 261 g/mol. The lowest BCUT2D eigenvalue weighted by atomic mass is 10.1. The number of nitrogens with zero attached hydrogens (tertiary/aromatic N) is 1. The van der Waals surface area contributed by atoms with Gasteiger partial charge in [0.15, 0.2) is 12.2 Å². The van der Waals surface area contributed by atoms with Gasteiger partial charge in [0.05, 0.1) is 16.3 Å². The van der Waals surface area contributed by atoms with Gasteiger partial charge in [0.1, 0.15) is 0 Å². The van der Waals surface area contributed by atoms with E-state index in [0.29, 0.717) is 17.0 Å². The van der Waals surface area contributed by atoms with Crippen LogP contribution in [0.15, 0.2) is 29.0 Å². The van der Waals surface area contributed by atoms with Crippen LogP contribution in [0.25, 0.3) is 11.3 Å². The average molecular weight is 262 g/mol. The maximum absolute atomic E-state index is 12.5. The summed E-state index contributed by atoms with van der Waals surface area (Å²) in [6.45, 7) is 1.70. The van der Waals surface area contributed by atoms with E-state index in [1.54, 1.807) is 6.92 Å². The molecule has 0 aliphatic rings. The van der Waals surface area contributed by atoms with Gasteiger partial charge in [0, 0.05) is 5.56 Å². The number of hydrogen-bond donors (Lipinski definition) is 0. The summed E-state index contributed by atoms with van der Waals surface area (Å²) in [4.78, 5) is 3.86. The zero-order valence-electron chi connectivity index (χ0n) is 8.68. The van der Waals surface area contributed by atoms with Crippen molar-refractivity contribution in [2.75, 3.05) is 0 Å². The Morgan fingerprint density at radius 3 is 2.47 bits per heavy atom. The maximum atomic E-state index is 12.5. The smallest absolute Gasteiger partial charge is 0.417 e. The molecule has 0 spiro atoms. The molecule has 0 saturated heterocycles. The van der Waals surface area contributed by atoms with E-state index >= 15 is 0 Å². The Hall–Kier alpha value is -1.49. The van der Waals surface area contributed by atoms with Crippen molar-refractivity contribution in [2.24, 2.45) is 0 Å². The van der Waals surface area contributed by atoms with Crippen LogP contribution in [0.2, 0.25) is 5.02 Å². The highest BCUT2D eigenvalue weighted by molar-refractivity contribution is 6.31. The molecule has 90 valence electrons. The zero-order valence-corrected chi connectivity index (χ0v) is 9.43. The number of rotatable bonds is 1. The summed E-state index contributed by atoms with van der Waals surface area (Å²) in [6, 6.07) is 3.46. The quantitative estimate of drug-likeness (QED) is 0.764. The lowest BCUT2D eigenvalue weighted by Gasteiger charge is -2.09. The number of hydrogen-bond acceptors (Lipinski definition) is 2. The molecule has 0 atom stereocenters. The first kappa shape index (κ1) is 12.0. The van der Waals surface area contributed by atoms with E-state index in [2.05, 4.69) is 4.98 Å². The summed E-state index contributed by atoms with van der Waals surface area (Å²) in [7, 11) is 0. The Morgan fingerprint density at radius 2 is 2.00 bits per heavy atom. The third-order valence-electron chi connectivity index (χ3n) is 2.28. The Morgan fingerprint density at radius 1 is 1.29 bits per heavy atom. The lowest BCUT2D eigenvalue weighted by Crippen LogP contribution is -2.05. The fourth-order valence-electron chi connectivity index (χ4n) is 1.47. The van der Waals surface area contributed by atoms with Gasteiger partial charge >= 0.3 is 6.18 Å². The molecular weight excluding hydrogens is 255 g/mol. The SMILES string of the molecule is Cc1ncoc1-c1ccc(C(F)(F)F)c(Cl)c1. The van der Waals surface area contributed by atoms with Gasteiger partial charge in [-0.15, -0.1) is 0 Å². The van der Waals surface area contributed by atoms with Gasteiger partial charge in [-0.25, -0.2) is 4.98 Å². The van der Waals surface area contributed by atoms with Crippen LogP contribution in [-0.2, 0) is 6.18 Å². The summed E-state index contributed by atoms with van der Waals surface area (Å²) < 4.78 is 42.5. The van der Waals surface area contributed by atoms with Crippen molar-refractivity contribution in [3.8, 4) is 11.3 Å². The molecule has 0 saturated carbocycles. The highest BCUT2D eigenvalue weighted by atomic mass is 35.5. The van der Waals surface area contributed by atoms with Crippen LogP contribution < -0.4 is 0 Å². The summed E-state index contributed by atoms with van der Waals surface area (Å²) in [5.74, 6) is 0.417. The van der Waals surface area contributed by atoms with Gasteiger partial charge in [-0.2, -0.15) is 13.2 Å². The molecule has 0 N–H and O–H groups in total. The highest BCUT2D eigenvalue weighted by Crippen LogP contribution is 2.37. The first-order valence-corrected chi connectivity index (χ1v) is 5.04. The Kier molecular flexibility index (Phi) is 2.87. The molecule has 0 bridgehead atoms. The minimum absolute atomic E-state index is 0.356. The normalized spacial score (nSPS) is 11.8. The van der Waals surface area contributed by atoms with Crippen LogP contribution in [0.3, 0.4) is 0 Å². The maximum Gasteiger partial charge on any atom is 0.417 e. The predicted octanol–water partition coefficient (Wildman–Crippen LogP) is 4.32. The third-order valence-corrected chi connectivity index (χ3v) is 2.59. The Balaban J connectivity index is 2.49. The second kappa shape index (κ2) is 4.07. The molecule has 2 aromatic rings. The van der Waals surface area contributed by atoms with E-state index in [-0.39, 0.29) is 5.02 Å². The molecule has 2 nitrogen and oxygen atoms in total. The van der Waals surface area contributed by atoms with Crippen LogP contribution in [0.1, 0.15) is 11.3 Å². The van der Waals surface area contributed by atoms with E-state index in [1.165, 1.54) is 18.5 Å². The molecule has 0 fully saturated rings. The van der Waals surface area contributed by atoms with Crippen LogP contribution in [0.4, 0.5) is 13.2 Å². The Bertz CT molecular complexity index is 548. The van der Waals surface area contributed by atoms with E-state index in [1.807, 2.05) is 0 Å². The van der Waals surface area contributed by atoms with Crippen molar-refractivity contribution in [3.63, 3.8) is 0 Å². The van der Waals surface area contributed by atoms with Gasteiger partial charge < -0.3 is 4.42 Å². The van der Waals surface area contributed by atoms with Crippen LogP contribution in [0, 0.1) is 6.92 Å². The van der Waals surface area contributed by atoms with Crippen molar-refractivity contribution in [3.05, 3.63) is 40.9 Å². The first-order valence-electron chi connectivity index (χ1n) is 4.67. The van der Waals surface area contributed by atoms with Gasteiger partial charge in [0.25, 0.3) is 0 Å². The van der Waals surface area contributed by atoms with Crippen molar-refractivity contribution in [1.82, 2.24) is 4.98 Å². The molecule has 2 rings (SSSR count). The summed E-state index contributed by atoms with van der Waals surface area (Å²) >= 11 is 5.60. The standard InChI is InChI=1S/C11H7ClF3NO/c1-6-10(17-5-16-6)7-2-3-8(9(12)4-7)11(13,14)15/h2-5H,1H3. The lowest BCUT2D eigenvalue weighted by molar-refractivity contribution is -0.137. The minimum Gasteiger partial charge on any atom is -0.443 e. The van der Waals surface area contributed by atoms with Gasteiger partial charge in [-0.3, -0.25) is 0 Å². The van der Waals surface area contributed by atoms with Gasteiger partial charge in [0.2, 0.25) is 0 Å². The van der Waals surface area contributed by atoms with E-state index in [0.717, 1.165) is 6.07 Å². The van der Waals surface area contributed by atoms with Crippen molar-refractivity contribution in [1.29, 1.82) is 0 Å². The summed E-state index contributed by atoms with van der Waals surface area (Å²) in [6.07, 6.45) is -3.22. The zero-order chi connectivity index (χ0) is 12.6. The molecular formula is C11H7ClF3NO. The molecule has 0 amide bonds. The molecule has 1 aromatic carbocycles.